The minimum atomic E-state index is 0.0957. The van der Waals surface area contributed by atoms with Gasteiger partial charge in [-0.15, -0.1) is 0 Å². The van der Waals surface area contributed by atoms with E-state index in [1.165, 1.54) is 6.20 Å². The Morgan fingerprint density at radius 2 is 1.72 bits per heavy atom. The summed E-state index contributed by atoms with van der Waals surface area (Å²) in [4.78, 5) is 7.59. The molecule has 0 spiro atoms. The number of benzene rings is 1. The number of ether oxygens (including phenoxy) is 2. The highest BCUT2D eigenvalue weighted by Crippen LogP contribution is 2.21. The molecule has 1 heterocycles. The van der Waals surface area contributed by atoms with Gasteiger partial charge in [-0.25, -0.2) is 4.98 Å². The van der Waals surface area contributed by atoms with Crippen LogP contribution in [0, 0.1) is 0 Å². The second kappa shape index (κ2) is 6.42. The van der Waals surface area contributed by atoms with Gasteiger partial charge in [-0.05, 0) is 23.7 Å². The molecule has 1 aromatic carbocycles. The highest BCUT2D eigenvalue weighted by molar-refractivity contribution is 6.32. The maximum Gasteiger partial charge on any atom is 0.237 e. The van der Waals surface area contributed by atoms with E-state index in [0.29, 0.717) is 18.2 Å². The van der Waals surface area contributed by atoms with Gasteiger partial charge in [0, 0.05) is 0 Å². The predicted octanol–water partition coefficient (Wildman–Crippen LogP) is 3.24. The van der Waals surface area contributed by atoms with Gasteiger partial charge < -0.3 is 9.47 Å². The van der Waals surface area contributed by atoms with E-state index in [2.05, 4.69) is 9.97 Å². The third-order valence-electron chi connectivity index (χ3n) is 2.02. The van der Waals surface area contributed by atoms with Gasteiger partial charge in [0.15, 0.2) is 0 Å². The maximum absolute atomic E-state index is 5.84. The monoisotopic (exact) mass is 284 g/mol. The molecular formula is C12H10Cl2N2O2. The average molecular weight is 285 g/mol. The summed E-state index contributed by atoms with van der Waals surface area (Å²) in [6.45, 7) is 0.712. The summed E-state index contributed by atoms with van der Waals surface area (Å²) in [7, 11) is 0. The van der Waals surface area contributed by atoms with Crippen LogP contribution in [0.1, 0.15) is 0 Å². The Bertz CT molecular complexity index is 509. The highest BCUT2D eigenvalue weighted by atomic mass is 35.5. The molecule has 2 aromatic rings. The summed E-state index contributed by atoms with van der Waals surface area (Å²) >= 11 is 11.5. The van der Waals surface area contributed by atoms with Gasteiger partial charge in [-0.1, -0.05) is 29.8 Å². The Hall–Kier alpha value is -1.52. The van der Waals surface area contributed by atoms with E-state index in [1.807, 2.05) is 30.3 Å². The molecule has 0 aliphatic carbocycles. The quantitative estimate of drug-likeness (QED) is 0.625. The Balaban J connectivity index is 1.80. The first-order valence-corrected chi connectivity index (χ1v) is 6.00. The number of hydrogen-bond acceptors (Lipinski definition) is 4. The summed E-state index contributed by atoms with van der Waals surface area (Å²) in [6, 6.07) is 9.46. The van der Waals surface area contributed by atoms with Gasteiger partial charge in [-0.2, -0.15) is 4.98 Å². The van der Waals surface area contributed by atoms with Crippen LogP contribution in [-0.4, -0.2) is 23.2 Å². The number of hydrogen-bond donors (Lipinski definition) is 0. The van der Waals surface area contributed by atoms with Crippen molar-refractivity contribution in [2.75, 3.05) is 13.2 Å². The van der Waals surface area contributed by atoms with E-state index < -0.39 is 0 Å². The fraction of sp³-hybridized carbons (Fsp3) is 0.167. The molecule has 0 amide bonds. The molecule has 2 rings (SSSR count). The Labute approximate surface area is 114 Å². The Morgan fingerprint density at radius 1 is 1.00 bits per heavy atom. The fourth-order valence-corrected chi connectivity index (χ4v) is 1.52. The van der Waals surface area contributed by atoms with Crippen LogP contribution in [-0.2, 0) is 0 Å². The minimum Gasteiger partial charge on any atom is -0.490 e. The lowest BCUT2D eigenvalue weighted by molar-refractivity contribution is 0.212. The lowest BCUT2D eigenvalue weighted by atomic mass is 10.3. The van der Waals surface area contributed by atoms with Crippen molar-refractivity contribution in [3.8, 4) is 11.6 Å². The molecule has 4 nitrogen and oxygen atoms in total. The number of nitrogens with zero attached hydrogens (tertiary/aromatic N) is 2. The molecule has 0 saturated carbocycles. The van der Waals surface area contributed by atoms with Crippen molar-refractivity contribution in [1.82, 2.24) is 9.97 Å². The molecule has 0 N–H and O–H groups in total. The van der Waals surface area contributed by atoms with Crippen molar-refractivity contribution in [2.45, 2.75) is 0 Å². The molecule has 0 unspecified atom stereocenters. The zero-order chi connectivity index (χ0) is 12.8. The molecule has 0 bridgehead atoms. The fourth-order valence-electron chi connectivity index (χ4n) is 1.25. The molecule has 6 heteroatoms. The van der Waals surface area contributed by atoms with E-state index in [9.17, 15) is 0 Å². The van der Waals surface area contributed by atoms with Crippen LogP contribution in [0.3, 0.4) is 0 Å². The summed E-state index contributed by atoms with van der Waals surface area (Å²) < 4.78 is 10.8. The van der Waals surface area contributed by atoms with E-state index in [-0.39, 0.29) is 11.2 Å². The van der Waals surface area contributed by atoms with Crippen LogP contribution in [0.5, 0.6) is 11.6 Å². The second-order valence-electron chi connectivity index (χ2n) is 3.30. The molecule has 0 saturated heterocycles. The van der Waals surface area contributed by atoms with Crippen molar-refractivity contribution < 1.29 is 9.47 Å². The zero-order valence-electron chi connectivity index (χ0n) is 9.35. The SMILES string of the molecule is Clc1ncc(Cl)c(OCCOc2ccccc2)n1. The number of aromatic nitrogens is 2. The summed E-state index contributed by atoms with van der Waals surface area (Å²) in [5, 5.41) is 0.414. The van der Waals surface area contributed by atoms with E-state index in [0.717, 1.165) is 5.75 Å². The molecule has 0 aliphatic rings. The predicted molar refractivity (Wildman–Crippen MR) is 69.5 cm³/mol. The molecule has 0 radical (unpaired) electrons. The molecular weight excluding hydrogens is 275 g/mol. The van der Waals surface area contributed by atoms with Crippen molar-refractivity contribution >= 4 is 23.2 Å². The lowest BCUT2D eigenvalue weighted by Gasteiger charge is -2.08. The first-order chi connectivity index (χ1) is 8.75. The molecule has 1 aromatic heterocycles. The largest absolute Gasteiger partial charge is 0.490 e. The summed E-state index contributed by atoms with van der Waals surface area (Å²) in [6.07, 6.45) is 1.39. The molecule has 0 aliphatic heterocycles. The van der Waals surface area contributed by atoms with Gasteiger partial charge in [0.05, 0.1) is 6.20 Å². The lowest BCUT2D eigenvalue weighted by Crippen LogP contribution is -2.10. The van der Waals surface area contributed by atoms with E-state index in [1.54, 1.807) is 0 Å². The van der Waals surface area contributed by atoms with E-state index >= 15 is 0 Å². The van der Waals surface area contributed by atoms with Gasteiger partial charge >= 0.3 is 0 Å². The van der Waals surface area contributed by atoms with Crippen LogP contribution >= 0.6 is 23.2 Å². The first kappa shape index (κ1) is 12.9. The molecule has 94 valence electrons. The number of halogens is 2. The maximum atomic E-state index is 5.84. The van der Waals surface area contributed by atoms with Crippen molar-refractivity contribution in [3.63, 3.8) is 0 Å². The highest BCUT2D eigenvalue weighted by Gasteiger charge is 2.05. The third-order valence-corrected chi connectivity index (χ3v) is 2.46. The standard InChI is InChI=1S/C12H10Cl2N2O2/c13-10-8-15-12(14)16-11(10)18-7-6-17-9-4-2-1-3-5-9/h1-5,8H,6-7H2. The molecule has 18 heavy (non-hydrogen) atoms. The van der Waals surface area contributed by atoms with Crippen LogP contribution < -0.4 is 9.47 Å². The molecule has 0 fully saturated rings. The van der Waals surface area contributed by atoms with Crippen molar-refractivity contribution in [2.24, 2.45) is 0 Å². The topological polar surface area (TPSA) is 44.2 Å². The van der Waals surface area contributed by atoms with Gasteiger partial charge in [-0.3, -0.25) is 0 Å². The average Bonchev–Trinajstić information content (AvgIpc) is 2.40. The second-order valence-corrected chi connectivity index (χ2v) is 4.05. The van der Waals surface area contributed by atoms with Crippen molar-refractivity contribution in [3.05, 3.63) is 46.8 Å². The number of para-hydroxylation sites is 1. The zero-order valence-corrected chi connectivity index (χ0v) is 10.9. The van der Waals surface area contributed by atoms with Crippen LogP contribution in [0.2, 0.25) is 10.3 Å². The van der Waals surface area contributed by atoms with Gasteiger partial charge in [0.25, 0.3) is 0 Å². The first-order valence-electron chi connectivity index (χ1n) is 5.24. The Morgan fingerprint density at radius 3 is 2.50 bits per heavy atom. The van der Waals surface area contributed by atoms with Crippen LogP contribution in [0.4, 0.5) is 0 Å². The summed E-state index contributed by atoms with van der Waals surface area (Å²) in [5.41, 5.74) is 0. The van der Waals surface area contributed by atoms with Crippen LogP contribution in [0.15, 0.2) is 36.5 Å². The Kier molecular flexibility index (Phi) is 4.61. The minimum absolute atomic E-state index is 0.0957. The smallest absolute Gasteiger partial charge is 0.237 e. The number of rotatable bonds is 5. The van der Waals surface area contributed by atoms with Gasteiger partial charge in [0.1, 0.15) is 24.0 Å². The normalized spacial score (nSPS) is 10.1. The van der Waals surface area contributed by atoms with Crippen LogP contribution in [0.25, 0.3) is 0 Å². The van der Waals surface area contributed by atoms with Crippen molar-refractivity contribution in [1.29, 1.82) is 0 Å². The van der Waals surface area contributed by atoms with E-state index in [4.69, 9.17) is 32.7 Å². The third kappa shape index (κ3) is 3.75. The summed E-state index contributed by atoms with van der Waals surface area (Å²) in [5.74, 6) is 1.04. The van der Waals surface area contributed by atoms with Gasteiger partial charge in [0.2, 0.25) is 11.2 Å². The molecule has 0 atom stereocenters.